The van der Waals surface area contributed by atoms with E-state index in [1.165, 1.54) is 62.1 Å². The first-order valence-corrected chi connectivity index (χ1v) is 46.5. The third-order valence-electron chi connectivity index (χ3n) is 24.3. The first-order valence-electron chi connectivity index (χ1n) is 45.4. The fourth-order valence-corrected chi connectivity index (χ4v) is 17.7. The number of aromatic hydroxyl groups is 1. The molecule has 0 radical (unpaired) electrons. The molecule has 0 saturated carbocycles. The van der Waals surface area contributed by atoms with E-state index in [1.54, 1.807) is 74.8 Å². The molecule has 3 saturated heterocycles. The Bertz CT molecular complexity index is 4950. The molecule has 5 aromatic rings. The van der Waals surface area contributed by atoms with Gasteiger partial charge in [-0.15, -0.1) is 11.8 Å². The third kappa shape index (κ3) is 30.1. The highest BCUT2D eigenvalue weighted by molar-refractivity contribution is 8.00. The van der Waals surface area contributed by atoms with Gasteiger partial charge < -0.3 is 120 Å². The number of ketones is 1. The van der Waals surface area contributed by atoms with Crippen molar-refractivity contribution >= 4 is 140 Å². The molecular weight excluding hydrogens is 1740 g/mol. The number of para-hydroxylation sites is 2. The van der Waals surface area contributed by atoms with E-state index in [2.05, 4.69) is 63.1 Å². The van der Waals surface area contributed by atoms with Crippen LogP contribution in [0.5, 0.6) is 5.75 Å². The molecule has 5 heterocycles. The fraction of sp³-hybridized carbons (Fsp3) is 0.560. The lowest BCUT2D eigenvalue weighted by molar-refractivity contribution is -0.149. The Hall–Kier alpha value is -12.7. The van der Waals surface area contributed by atoms with Gasteiger partial charge in [-0.25, -0.2) is 0 Å². The second-order valence-electron chi connectivity index (χ2n) is 34.7. The number of aliphatic hydroxyl groups is 1. The number of nitrogens with one attached hydrogen (secondary N) is 13. The first kappa shape index (κ1) is 106. The minimum Gasteiger partial charge on any atom is -0.508 e. The van der Waals surface area contributed by atoms with Crippen LogP contribution in [-0.2, 0) is 101 Å². The van der Waals surface area contributed by atoms with E-state index in [0.29, 0.717) is 64.2 Å². The predicted molar refractivity (Wildman–Crippen MR) is 494 cm³/mol. The molecule has 726 valence electrons. The lowest BCUT2D eigenvalue weighted by Crippen LogP contribution is -2.61. The van der Waals surface area contributed by atoms with E-state index in [9.17, 15) is 63.3 Å². The molecule has 8 rings (SSSR count). The number of carboxylic acid groups (broad SMARTS) is 1. The minimum atomic E-state index is -1.87. The molecule has 14 atom stereocenters. The number of thioether (sulfide) groups is 1. The van der Waals surface area contributed by atoms with Gasteiger partial charge >= 0.3 is 5.97 Å². The van der Waals surface area contributed by atoms with Gasteiger partial charge in [-0.2, -0.15) is 0 Å². The van der Waals surface area contributed by atoms with Gasteiger partial charge in [0.1, 0.15) is 78.3 Å². The number of H-pyrrole nitrogens is 2. The van der Waals surface area contributed by atoms with Gasteiger partial charge in [0.25, 0.3) is 0 Å². The van der Waals surface area contributed by atoms with Gasteiger partial charge in [0.05, 0.1) is 31.4 Å². The van der Waals surface area contributed by atoms with Crippen LogP contribution in [0.15, 0.2) is 85.2 Å². The maximum atomic E-state index is 15.7. The molecule has 22 N–H and O–H groups in total. The van der Waals surface area contributed by atoms with Crippen LogP contribution in [-0.4, -0.2) is 307 Å². The van der Waals surface area contributed by atoms with Gasteiger partial charge in [-0.05, 0) is 137 Å². The summed E-state index contributed by atoms with van der Waals surface area (Å²) in [4.78, 5) is 262. The van der Waals surface area contributed by atoms with Gasteiger partial charge in [0, 0.05) is 106 Å². The van der Waals surface area contributed by atoms with Crippen molar-refractivity contribution in [3.05, 3.63) is 102 Å². The third-order valence-corrected chi connectivity index (χ3v) is 25.3. The normalized spacial score (nSPS) is 24.5. The number of carbonyl (C=O) groups excluding carboxylic acids is 16. The number of aliphatic hydroxyl groups excluding tert-OH is 1. The van der Waals surface area contributed by atoms with Crippen molar-refractivity contribution in [2.24, 2.45) is 29.0 Å². The number of rotatable bonds is 27. The molecule has 0 spiro atoms. The number of hydrogen-bond donors (Lipinski definition) is 19. The average molecular weight is 1870 g/mol. The number of carboxylic acids is 1. The predicted octanol–water partition coefficient (Wildman–Crippen LogP) is -0.437. The lowest BCUT2D eigenvalue weighted by Gasteiger charge is -2.36. The summed E-state index contributed by atoms with van der Waals surface area (Å²) < 4.78 is 0. The minimum absolute atomic E-state index is 0.00118. The highest BCUT2D eigenvalue weighted by atomic mass is 32.2. The highest BCUT2D eigenvalue weighted by Crippen LogP contribution is 2.30. The van der Waals surface area contributed by atoms with Gasteiger partial charge in [-0.1, -0.05) is 102 Å². The molecule has 42 heteroatoms. The van der Waals surface area contributed by atoms with E-state index >= 15 is 33.6 Å². The number of hydrogen-bond acceptors (Lipinski definition) is 22. The molecule has 0 unspecified atom stereocenters. The highest BCUT2D eigenvalue weighted by Gasteiger charge is 2.46. The first-order chi connectivity index (χ1) is 63.4. The van der Waals surface area contributed by atoms with Crippen molar-refractivity contribution in [1.29, 1.82) is 5.41 Å². The number of Topliss-reactive ketones (excluding diaryl/α,β-unsaturated/α-hetero) is 1. The van der Waals surface area contributed by atoms with Crippen LogP contribution in [0.25, 0.3) is 21.8 Å². The van der Waals surface area contributed by atoms with Crippen molar-refractivity contribution in [2.45, 2.75) is 242 Å². The van der Waals surface area contributed by atoms with Crippen LogP contribution >= 0.6 is 11.8 Å². The number of amides is 15. The smallest absolute Gasteiger partial charge is 0.305 e. The molecule has 15 amide bonds. The molecule has 3 aliphatic heterocycles. The summed E-state index contributed by atoms with van der Waals surface area (Å²) in [5, 5.41) is 67.3. The lowest BCUT2D eigenvalue weighted by atomic mass is 9.90. The van der Waals surface area contributed by atoms with Crippen molar-refractivity contribution < 1.29 is 96.8 Å². The number of guanidine groups is 1. The van der Waals surface area contributed by atoms with Crippen molar-refractivity contribution in [1.82, 2.24) is 87.6 Å². The zero-order chi connectivity index (χ0) is 97.4. The number of nitrogens with two attached hydrogens (primary N) is 3. The number of unbranched alkanes of at least 4 members (excludes halogenated alkanes) is 2. The summed E-state index contributed by atoms with van der Waals surface area (Å²) in [6.45, 7) is 6.73. The Labute approximate surface area is 776 Å². The maximum absolute atomic E-state index is 15.7. The molecular formula is C91H131N21O20S. The number of carbonyl (C=O) groups is 17. The molecule has 2 aromatic heterocycles. The molecule has 133 heavy (non-hydrogen) atoms. The molecule has 3 fully saturated rings. The van der Waals surface area contributed by atoms with E-state index in [1.807, 2.05) is 13.8 Å². The summed E-state index contributed by atoms with van der Waals surface area (Å²) in [7, 11) is 3.98. The number of nitrogens with zero attached hydrogens (tertiary/aromatic N) is 5. The number of benzene rings is 3. The van der Waals surface area contributed by atoms with Crippen LogP contribution in [0.2, 0.25) is 0 Å². The molecule has 0 bridgehead atoms. The van der Waals surface area contributed by atoms with Gasteiger partial charge in [-0.3, -0.25) is 86.9 Å². The number of aliphatic carboxylic acids is 1. The summed E-state index contributed by atoms with van der Waals surface area (Å²) in [6.07, 6.45) is 3.18. The summed E-state index contributed by atoms with van der Waals surface area (Å²) in [5.74, 6) is -18.8. The Kier molecular flexibility index (Phi) is 40.8. The van der Waals surface area contributed by atoms with Crippen molar-refractivity contribution in [2.75, 3.05) is 72.0 Å². The summed E-state index contributed by atoms with van der Waals surface area (Å²) in [5.41, 5.74) is 19.9. The van der Waals surface area contributed by atoms with Crippen molar-refractivity contribution in [3.63, 3.8) is 0 Å². The van der Waals surface area contributed by atoms with Gasteiger partial charge in [0.2, 0.25) is 88.6 Å². The number of primary amides is 1. The fourth-order valence-electron chi connectivity index (χ4n) is 16.8. The summed E-state index contributed by atoms with van der Waals surface area (Å²) in [6, 6.07) is 0.472. The topological polar surface area (TPSA) is 621 Å². The van der Waals surface area contributed by atoms with E-state index in [0.717, 1.165) is 26.5 Å². The second kappa shape index (κ2) is 51.3. The molecule has 3 aliphatic rings. The van der Waals surface area contributed by atoms with E-state index < -0.39 is 228 Å². The summed E-state index contributed by atoms with van der Waals surface area (Å²) >= 11 is 0.781. The van der Waals surface area contributed by atoms with Crippen LogP contribution in [0.3, 0.4) is 0 Å². The van der Waals surface area contributed by atoms with Crippen LogP contribution in [0, 0.1) is 17.2 Å². The zero-order valence-electron chi connectivity index (χ0n) is 76.7. The molecule has 3 aromatic carbocycles. The Morgan fingerprint density at radius 1 is 0.549 bits per heavy atom. The number of aromatic amines is 2. The van der Waals surface area contributed by atoms with Crippen LogP contribution < -0.4 is 70.4 Å². The molecule has 41 nitrogen and oxygen atoms in total. The number of phenols is 1. The average Bonchev–Trinajstić information content (AvgIpc) is 1.71. The largest absolute Gasteiger partial charge is 0.508 e. The SMILES string of the molecule is CCCC[C@H]1C(=O)N(C)[C@@H](CCCC)C(=O)N[C@@H](CCCNC(=N)N)C(=O)N[C@H](C(=O)NCC(N)=O)CSCC(=O)N[C@@H](Cc2ccc(O)cc2)C(=O)N(C)[C@@H](C)C(=O)N[C@@H](CCCN)C(=O)N2CCC[C@H]2C(=O)N[C@@H](CC(=O)O)C(=O)N[C@@H](CC(C)C)C(=O)N2CCC[C@H]2C(=O)C[C@@H](Cc2c[nH]c3ccccc23)C(=O)N[C@@H](CO)C(=O)N[C@@H](Cc2c[nH]c3ccccc23)C(=O)N1C. The Morgan fingerprint density at radius 2 is 1.08 bits per heavy atom. The van der Waals surface area contributed by atoms with Crippen LogP contribution in [0.1, 0.15) is 160 Å². The van der Waals surface area contributed by atoms with E-state index in [4.69, 9.17) is 22.6 Å². The standard InChI is InChI=1S/C91H131N21O20S/c1-9-11-27-71-84(126)101-62(26-18-36-96-91(94)95)81(123)107-69(80(122)99-47-75(93)116)49-133-50-76(117)100-66(40-53-31-33-57(114)34-32-53)86(128)108(6)52(5)78(120)102-63(25-17-35-92)88(130)112-38-20-30-72(112)85(127)103-64(44-77(118)119)82(124)104-65(39-51(3)4)89(131)111-37-19-29-70(111)74(115)43-54(41-55-45-97-60-23-15-13-21-58(55)60)79(121)106-68(48-113)83(125)105-67(42-56-46-98-61-24-16-14-22-59(56)61)87(129)110(8)73(28-12-10-2)90(132)109(71)7/h13-16,21-24,31-34,45-46,51-52,54,62-73,97-98,113-114H,9-12,17-20,25-30,35-44,47-50,92H2,1-8H3,(H2,93,116)(H,99,122)(H,100,117)(H,101,126)(H,102,120)(H,103,127)(H,104,124)(H,105,125)(H,106,121)(H,107,123)(H,118,119)(H4,94,95,96)/t52-,54+,62-,63-,64-,65-,66-,67-,68-,69-,70-,71-,72-,73-/m0/s1. The van der Waals surface area contributed by atoms with Crippen molar-refractivity contribution in [3.8, 4) is 5.75 Å². The number of likely N-dealkylation sites (N-methyl/N-ethyl adjacent to an activating group) is 3. The number of aromatic nitrogens is 2. The quantitative estimate of drug-likeness (QED) is 0.0180. The number of fused-ring (bicyclic) bond motifs is 4. The van der Waals surface area contributed by atoms with E-state index in [-0.39, 0.29) is 128 Å². The number of phenolic OH excluding ortho intramolecular Hbond substituents is 1. The second-order valence-corrected chi connectivity index (χ2v) is 35.7. The van der Waals surface area contributed by atoms with Crippen LogP contribution in [0.4, 0.5) is 0 Å². The zero-order valence-corrected chi connectivity index (χ0v) is 77.5. The Morgan fingerprint density at radius 3 is 1.68 bits per heavy atom. The maximum Gasteiger partial charge on any atom is 0.305 e. The monoisotopic (exact) mass is 1870 g/mol. The van der Waals surface area contributed by atoms with Gasteiger partial charge in [0.15, 0.2) is 11.7 Å². The molecule has 0 aliphatic carbocycles. The Balaban J connectivity index is 1.19.